The Morgan fingerprint density at radius 2 is 2.03 bits per heavy atom. The Bertz CT molecular complexity index is 1240. The summed E-state index contributed by atoms with van der Waals surface area (Å²) in [7, 11) is -1.79. The molecule has 2 heterocycles. The Kier molecular flexibility index (Phi) is 6.87. The van der Waals surface area contributed by atoms with Gasteiger partial charge in [0.15, 0.2) is 0 Å². The summed E-state index contributed by atoms with van der Waals surface area (Å²) < 4.78 is 46.5. The van der Waals surface area contributed by atoms with E-state index in [4.69, 9.17) is 4.74 Å². The molecular formula is C21H24FN5O4S. The van der Waals surface area contributed by atoms with Crippen molar-refractivity contribution in [2.24, 2.45) is 7.05 Å². The maximum absolute atomic E-state index is 13.4. The summed E-state index contributed by atoms with van der Waals surface area (Å²) in [6.45, 7) is 4.87. The highest BCUT2D eigenvalue weighted by Gasteiger charge is 2.21. The molecular weight excluding hydrogens is 437 g/mol. The summed E-state index contributed by atoms with van der Waals surface area (Å²) in [5, 5.41) is 8.08. The topological polar surface area (TPSA) is 116 Å². The molecule has 0 saturated carbocycles. The van der Waals surface area contributed by atoms with Gasteiger partial charge in [-0.25, -0.2) is 17.8 Å². The third-order valence-corrected chi connectivity index (χ3v) is 6.15. The number of nitrogens with zero attached hydrogens (tertiary/aromatic N) is 4. The van der Waals surface area contributed by atoms with Crippen molar-refractivity contribution in [1.82, 2.24) is 20.0 Å². The predicted molar refractivity (Wildman–Crippen MR) is 117 cm³/mol. The van der Waals surface area contributed by atoms with Gasteiger partial charge in [0.25, 0.3) is 0 Å². The number of aromatic nitrogens is 4. The highest BCUT2D eigenvalue weighted by Crippen LogP contribution is 2.25. The number of carbonyl (C=O) groups is 1. The van der Waals surface area contributed by atoms with Gasteiger partial charge < -0.3 is 4.74 Å². The fraction of sp³-hybridized carbons (Fsp3) is 0.333. The molecule has 0 aliphatic heterocycles. The molecule has 3 rings (SSSR count). The molecule has 0 unspecified atom stereocenters. The van der Waals surface area contributed by atoms with Gasteiger partial charge in [-0.1, -0.05) is 17.3 Å². The fourth-order valence-corrected chi connectivity index (χ4v) is 3.71. The Balaban J connectivity index is 1.79. The number of hydrogen-bond acceptors (Lipinski definition) is 7. The maximum Gasteiger partial charge on any atom is 0.312 e. The average molecular weight is 462 g/mol. The molecule has 9 nitrogen and oxygen atoms in total. The lowest BCUT2D eigenvalue weighted by atomic mass is 10.1. The van der Waals surface area contributed by atoms with E-state index in [0.29, 0.717) is 34.0 Å². The van der Waals surface area contributed by atoms with Crippen LogP contribution >= 0.6 is 0 Å². The first-order valence-corrected chi connectivity index (χ1v) is 11.6. The highest BCUT2D eigenvalue weighted by molar-refractivity contribution is 7.92. The number of benzene rings is 1. The second-order valence-electron chi connectivity index (χ2n) is 7.21. The Hall–Kier alpha value is -3.34. The summed E-state index contributed by atoms with van der Waals surface area (Å²) in [6, 6.07) is 9.06. The van der Waals surface area contributed by atoms with Crippen molar-refractivity contribution < 1.29 is 22.3 Å². The van der Waals surface area contributed by atoms with Crippen molar-refractivity contribution in [2.45, 2.75) is 33.3 Å². The second kappa shape index (κ2) is 9.43. The number of rotatable bonds is 8. The molecule has 2 aromatic heterocycles. The zero-order valence-electron chi connectivity index (χ0n) is 18.2. The molecule has 3 aromatic rings. The highest BCUT2D eigenvalue weighted by atomic mass is 32.2. The van der Waals surface area contributed by atoms with Crippen LogP contribution in [0.5, 0.6) is 0 Å². The molecule has 0 aliphatic carbocycles. The summed E-state index contributed by atoms with van der Waals surface area (Å²) >= 11 is 0. The summed E-state index contributed by atoms with van der Waals surface area (Å²) in [4.78, 5) is 17.0. The smallest absolute Gasteiger partial charge is 0.312 e. The van der Waals surface area contributed by atoms with Crippen LogP contribution in [0.4, 0.5) is 10.1 Å². The van der Waals surface area contributed by atoms with Crippen molar-refractivity contribution in [1.29, 1.82) is 0 Å². The molecule has 11 heteroatoms. The number of sulfonamides is 1. The van der Waals surface area contributed by atoms with Crippen LogP contribution in [0.1, 0.15) is 36.9 Å². The fourth-order valence-electron chi connectivity index (χ4n) is 3.02. The number of anilines is 1. The lowest BCUT2D eigenvalue weighted by Crippen LogP contribution is -2.16. The minimum absolute atomic E-state index is 0.0569. The molecule has 1 N–H and O–H groups in total. The van der Waals surface area contributed by atoms with Crippen LogP contribution in [0, 0.1) is 12.7 Å². The molecule has 32 heavy (non-hydrogen) atoms. The van der Waals surface area contributed by atoms with Crippen LogP contribution in [-0.2, 0) is 33.0 Å². The van der Waals surface area contributed by atoms with Crippen molar-refractivity contribution in [2.75, 3.05) is 10.5 Å². The molecule has 0 aliphatic rings. The minimum atomic E-state index is -3.44. The molecule has 0 amide bonds. The lowest BCUT2D eigenvalue weighted by molar-refractivity contribution is -0.147. The van der Waals surface area contributed by atoms with E-state index >= 15 is 0 Å². The minimum Gasteiger partial charge on any atom is -0.457 e. The van der Waals surface area contributed by atoms with Crippen LogP contribution in [0.2, 0.25) is 0 Å². The molecule has 0 bridgehead atoms. The SMILES string of the molecule is CCS(=O)(=O)Nc1ccc(-c2nnn(C)c2CC(=O)O[C@H](C)c2cccc(F)c2)nc1C. The van der Waals surface area contributed by atoms with E-state index < -0.39 is 27.9 Å². The largest absolute Gasteiger partial charge is 0.457 e. The second-order valence-corrected chi connectivity index (χ2v) is 9.22. The van der Waals surface area contributed by atoms with Gasteiger partial charge in [0.05, 0.1) is 34.9 Å². The van der Waals surface area contributed by atoms with E-state index in [-0.39, 0.29) is 12.2 Å². The monoisotopic (exact) mass is 461 g/mol. The van der Waals surface area contributed by atoms with E-state index in [2.05, 4.69) is 20.0 Å². The van der Waals surface area contributed by atoms with E-state index in [1.54, 1.807) is 52.1 Å². The van der Waals surface area contributed by atoms with Gasteiger partial charge in [0.1, 0.15) is 17.6 Å². The van der Waals surface area contributed by atoms with Crippen LogP contribution in [0.3, 0.4) is 0 Å². The Morgan fingerprint density at radius 3 is 2.69 bits per heavy atom. The molecule has 1 atom stereocenters. The van der Waals surface area contributed by atoms with Gasteiger partial charge in [-0.15, -0.1) is 5.10 Å². The van der Waals surface area contributed by atoms with Crippen molar-refractivity contribution in [3.8, 4) is 11.4 Å². The van der Waals surface area contributed by atoms with Crippen LogP contribution in [0.25, 0.3) is 11.4 Å². The Labute approximate surface area is 185 Å². The Morgan fingerprint density at radius 1 is 1.28 bits per heavy atom. The van der Waals surface area contributed by atoms with E-state index in [1.165, 1.54) is 16.8 Å². The van der Waals surface area contributed by atoms with Gasteiger partial charge in [-0.2, -0.15) is 0 Å². The molecule has 0 radical (unpaired) electrons. The number of hydrogen-bond donors (Lipinski definition) is 1. The molecule has 170 valence electrons. The van der Waals surface area contributed by atoms with E-state index in [9.17, 15) is 17.6 Å². The zero-order valence-corrected chi connectivity index (χ0v) is 19.0. The first-order valence-electron chi connectivity index (χ1n) is 9.91. The number of ether oxygens (including phenoxy) is 1. The van der Waals surface area contributed by atoms with Gasteiger partial charge in [0.2, 0.25) is 10.0 Å². The van der Waals surface area contributed by atoms with Gasteiger partial charge in [-0.05, 0) is 50.6 Å². The average Bonchev–Trinajstić information content (AvgIpc) is 3.09. The van der Waals surface area contributed by atoms with Crippen LogP contribution < -0.4 is 4.72 Å². The van der Waals surface area contributed by atoms with E-state index in [0.717, 1.165) is 0 Å². The van der Waals surface area contributed by atoms with Gasteiger partial charge in [0, 0.05) is 7.05 Å². The maximum atomic E-state index is 13.4. The third-order valence-electron chi connectivity index (χ3n) is 4.85. The summed E-state index contributed by atoms with van der Waals surface area (Å²) in [6.07, 6.45) is -0.752. The summed E-state index contributed by atoms with van der Waals surface area (Å²) in [5.41, 5.74) is 2.68. The van der Waals surface area contributed by atoms with Crippen LogP contribution in [0.15, 0.2) is 36.4 Å². The number of halogens is 1. The first kappa shape index (κ1) is 23.3. The van der Waals surface area contributed by atoms with E-state index in [1.807, 2.05) is 0 Å². The van der Waals surface area contributed by atoms with Crippen molar-refractivity contribution in [3.63, 3.8) is 0 Å². The number of carbonyl (C=O) groups excluding carboxylic acids is 1. The number of nitrogens with one attached hydrogen (secondary N) is 1. The van der Waals surface area contributed by atoms with Crippen molar-refractivity contribution >= 4 is 21.7 Å². The first-order chi connectivity index (χ1) is 15.1. The number of aryl methyl sites for hydroxylation is 2. The molecule has 0 spiro atoms. The van der Waals surface area contributed by atoms with Gasteiger partial charge >= 0.3 is 5.97 Å². The van der Waals surface area contributed by atoms with Crippen LogP contribution in [-0.4, -0.2) is 40.1 Å². The third kappa shape index (κ3) is 5.47. The lowest BCUT2D eigenvalue weighted by Gasteiger charge is -2.14. The molecule has 0 fully saturated rings. The zero-order chi connectivity index (χ0) is 23.5. The van der Waals surface area contributed by atoms with Crippen molar-refractivity contribution in [3.05, 3.63) is 59.2 Å². The summed E-state index contributed by atoms with van der Waals surface area (Å²) in [5.74, 6) is -0.995. The standard InChI is InChI=1S/C21H24FN5O4S/c1-5-32(29,30)25-17-9-10-18(23-13(17)2)21-19(27(4)26-24-21)12-20(28)31-14(3)15-7-6-8-16(22)11-15/h6-11,14,25H,5,12H2,1-4H3/t14-/m1/s1. The van der Waals surface area contributed by atoms with Gasteiger partial charge in [-0.3, -0.25) is 14.2 Å². The molecule has 0 saturated heterocycles. The number of pyridine rings is 1. The number of esters is 1. The quantitative estimate of drug-likeness (QED) is 0.513. The normalized spacial score (nSPS) is 12.4. The molecule has 1 aromatic carbocycles. The predicted octanol–water partition coefficient (Wildman–Crippen LogP) is 2.93.